The zero-order chi connectivity index (χ0) is 19.9. The standard InChI is InChI=1S/C17H13F3N6OS/c1-9-12(14(27)23-10-4-2-6-21-8-10)13(11-5-3-7-28-11)26-16(22-9)24-15(25-26)17(18,19)20/h2-8,13H,1H3,(H,23,27)(H,22,24,25)/t13-/m0/s1. The van der Waals surface area contributed by atoms with Gasteiger partial charge in [-0.15, -0.1) is 16.4 Å². The predicted molar refractivity (Wildman–Crippen MR) is 96.7 cm³/mol. The normalized spacial score (nSPS) is 16.5. The number of aromatic nitrogens is 4. The molecule has 0 saturated carbocycles. The lowest BCUT2D eigenvalue weighted by molar-refractivity contribution is -0.145. The van der Waals surface area contributed by atoms with Crippen molar-refractivity contribution < 1.29 is 18.0 Å². The van der Waals surface area contributed by atoms with Gasteiger partial charge in [0, 0.05) is 16.8 Å². The second-order valence-corrected chi connectivity index (χ2v) is 6.96. The van der Waals surface area contributed by atoms with E-state index in [2.05, 4.69) is 25.7 Å². The molecule has 7 nitrogen and oxygen atoms in total. The van der Waals surface area contributed by atoms with E-state index in [1.54, 1.807) is 42.8 Å². The van der Waals surface area contributed by atoms with Crippen LogP contribution >= 0.6 is 11.3 Å². The third kappa shape index (κ3) is 3.24. The van der Waals surface area contributed by atoms with Gasteiger partial charge in [0.05, 0.1) is 17.5 Å². The minimum atomic E-state index is -4.70. The van der Waals surface area contributed by atoms with Crippen molar-refractivity contribution in [2.75, 3.05) is 10.6 Å². The van der Waals surface area contributed by atoms with Gasteiger partial charge in [-0.05, 0) is 30.5 Å². The number of carbonyl (C=O) groups is 1. The number of pyridine rings is 1. The van der Waals surface area contributed by atoms with Gasteiger partial charge in [0.15, 0.2) is 0 Å². The number of hydrogen-bond donors (Lipinski definition) is 2. The summed E-state index contributed by atoms with van der Waals surface area (Å²) in [5, 5.41) is 10.9. The highest BCUT2D eigenvalue weighted by Crippen LogP contribution is 2.39. The number of hydrogen-bond acceptors (Lipinski definition) is 6. The fourth-order valence-electron chi connectivity index (χ4n) is 2.91. The highest BCUT2D eigenvalue weighted by Gasteiger charge is 2.41. The number of allylic oxidation sites excluding steroid dienone is 1. The highest BCUT2D eigenvalue weighted by molar-refractivity contribution is 7.10. The molecule has 0 aromatic carbocycles. The van der Waals surface area contributed by atoms with Gasteiger partial charge in [-0.1, -0.05) is 6.07 Å². The van der Waals surface area contributed by atoms with E-state index in [-0.39, 0.29) is 11.5 Å². The van der Waals surface area contributed by atoms with Crippen molar-refractivity contribution in [1.82, 2.24) is 19.7 Å². The summed E-state index contributed by atoms with van der Waals surface area (Å²) in [6.07, 6.45) is -1.65. The van der Waals surface area contributed by atoms with Gasteiger partial charge in [-0.2, -0.15) is 18.2 Å². The number of carbonyl (C=O) groups excluding carboxylic acids is 1. The van der Waals surface area contributed by atoms with E-state index < -0.39 is 23.9 Å². The molecule has 4 heterocycles. The van der Waals surface area contributed by atoms with Crippen LogP contribution in [-0.4, -0.2) is 25.7 Å². The molecule has 0 unspecified atom stereocenters. The first-order valence-corrected chi connectivity index (χ1v) is 8.99. The molecule has 1 atom stereocenters. The van der Waals surface area contributed by atoms with E-state index in [0.29, 0.717) is 16.3 Å². The highest BCUT2D eigenvalue weighted by atomic mass is 32.1. The van der Waals surface area contributed by atoms with E-state index in [1.165, 1.54) is 17.5 Å². The number of nitrogens with zero attached hydrogens (tertiary/aromatic N) is 4. The molecule has 3 aromatic rings. The number of anilines is 2. The van der Waals surface area contributed by atoms with Crippen LogP contribution in [0.1, 0.15) is 23.7 Å². The Hall–Kier alpha value is -3.21. The largest absolute Gasteiger partial charge is 0.453 e. The van der Waals surface area contributed by atoms with Crippen molar-refractivity contribution in [3.05, 3.63) is 64.0 Å². The van der Waals surface area contributed by atoms with Crippen LogP contribution in [0.3, 0.4) is 0 Å². The lowest BCUT2D eigenvalue weighted by Gasteiger charge is -2.27. The molecule has 11 heteroatoms. The average Bonchev–Trinajstić information content (AvgIpc) is 3.30. The van der Waals surface area contributed by atoms with Crippen molar-refractivity contribution in [2.45, 2.75) is 19.1 Å². The Morgan fingerprint density at radius 1 is 1.32 bits per heavy atom. The maximum absolute atomic E-state index is 13.1. The topological polar surface area (TPSA) is 84.7 Å². The van der Waals surface area contributed by atoms with Gasteiger partial charge >= 0.3 is 6.18 Å². The number of halogens is 3. The first-order valence-electron chi connectivity index (χ1n) is 8.11. The van der Waals surface area contributed by atoms with Gasteiger partial charge in [-0.3, -0.25) is 9.78 Å². The van der Waals surface area contributed by atoms with E-state index in [4.69, 9.17) is 0 Å². The van der Waals surface area contributed by atoms with Gasteiger partial charge in [0.2, 0.25) is 5.95 Å². The Morgan fingerprint density at radius 3 is 2.79 bits per heavy atom. The summed E-state index contributed by atoms with van der Waals surface area (Å²) in [6, 6.07) is 5.99. The molecular weight excluding hydrogens is 393 g/mol. The monoisotopic (exact) mass is 406 g/mol. The molecule has 3 aromatic heterocycles. The summed E-state index contributed by atoms with van der Waals surface area (Å²) >= 11 is 1.32. The Bertz CT molecular complexity index is 1040. The SMILES string of the molecule is CC1=C(C(=O)Nc2cccnc2)[C@H](c2cccs2)n2nc(C(F)(F)F)nc2N1. The summed E-state index contributed by atoms with van der Waals surface area (Å²) in [4.78, 5) is 21.1. The van der Waals surface area contributed by atoms with Gasteiger partial charge < -0.3 is 10.6 Å². The van der Waals surface area contributed by atoms with Gasteiger partial charge in [0.1, 0.15) is 6.04 Å². The zero-order valence-electron chi connectivity index (χ0n) is 14.4. The fourth-order valence-corrected chi connectivity index (χ4v) is 3.73. The summed E-state index contributed by atoms with van der Waals surface area (Å²) < 4.78 is 40.5. The van der Waals surface area contributed by atoms with Crippen LogP contribution < -0.4 is 10.6 Å². The summed E-state index contributed by atoms with van der Waals surface area (Å²) in [5.74, 6) is -1.80. The molecule has 1 aliphatic rings. The van der Waals surface area contributed by atoms with Crippen LogP contribution in [0, 0.1) is 0 Å². The van der Waals surface area contributed by atoms with Crippen LogP contribution in [0.25, 0.3) is 0 Å². The van der Waals surface area contributed by atoms with Crippen molar-refractivity contribution in [3.8, 4) is 0 Å². The summed E-state index contributed by atoms with van der Waals surface area (Å²) in [6.45, 7) is 1.62. The molecular formula is C17H13F3N6OS. The minimum absolute atomic E-state index is 0.0684. The predicted octanol–water partition coefficient (Wildman–Crippen LogP) is 3.68. The third-order valence-electron chi connectivity index (χ3n) is 4.08. The molecule has 0 fully saturated rings. The summed E-state index contributed by atoms with van der Waals surface area (Å²) in [7, 11) is 0. The number of amides is 1. The average molecular weight is 406 g/mol. The van der Waals surface area contributed by atoms with Crippen molar-refractivity contribution in [3.63, 3.8) is 0 Å². The first-order chi connectivity index (χ1) is 13.3. The smallest absolute Gasteiger partial charge is 0.328 e. The number of rotatable bonds is 3. The fraction of sp³-hybridized carbons (Fsp3) is 0.176. The lowest BCUT2D eigenvalue weighted by Crippen LogP contribution is -2.31. The quantitative estimate of drug-likeness (QED) is 0.693. The third-order valence-corrected chi connectivity index (χ3v) is 5.01. The Kier molecular flexibility index (Phi) is 4.38. The maximum atomic E-state index is 13.1. The molecule has 2 N–H and O–H groups in total. The Balaban J connectivity index is 1.78. The summed E-state index contributed by atoms with van der Waals surface area (Å²) in [5.41, 5.74) is 1.11. The lowest BCUT2D eigenvalue weighted by atomic mass is 10.0. The van der Waals surface area contributed by atoms with Gasteiger partial charge in [-0.25, -0.2) is 4.68 Å². The molecule has 28 heavy (non-hydrogen) atoms. The molecule has 4 rings (SSSR count). The maximum Gasteiger partial charge on any atom is 0.453 e. The second kappa shape index (κ2) is 6.75. The van der Waals surface area contributed by atoms with Crippen LogP contribution in [0.5, 0.6) is 0 Å². The molecule has 144 valence electrons. The van der Waals surface area contributed by atoms with Gasteiger partial charge in [0.25, 0.3) is 11.7 Å². The first kappa shape index (κ1) is 18.2. The Labute approximate surface area is 160 Å². The van der Waals surface area contributed by atoms with Crippen LogP contribution in [0.2, 0.25) is 0 Å². The van der Waals surface area contributed by atoms with Crippen molar-refractivity contribution in [2.24, 2.45) is 0 Å². The minimum Gasteiger partial charge on any atom is -0.328 e. The molecule has 0 spiro atoms. The Morgan fingerprint density at radius 2 is 2.14 bits per heavy atom. The van der Waals surface area contributed by atoms with E-state index >= 15 is 0 Å². The molecule has 0 radical (unpaired) electrons. The number of thiophene rings is 1. The second-order valence-electron chi connectivity index (χ2n) is 5.98. The zero-order valence-corrected chi connectivity index (χ0v) is 15.2. The number of fused-ring (bicyclic) bond motifs is 1. The van der Waals surface area contributed by atoms with Crippen LogP contribution in [0.15, 0.2) is 53.3 Å². The van der Waals surface area contributed by atoms with Crippen molar-refractivity contribution >= 4 is 28.9 Å². The van der Waals surface area contributed by atoms with Crippen molar-refractivity contribution in [1.29, 1.82) is 0 Å². The van der Waals surface area contributed by atoms with Crippen LogP contribution in [0.4, 0.5) is 24.8 Å². The van der Waals surface area contributed by atoms with E-state index in [9.17, 15) is 18.0 Å². The molecule has 0 aliphatic carbocycles. The molecule has 0 bridgehead atoms. The van der Waals surface area contributed by atoms with E-state index in [0.717, 1.165) is 4.68 Å². The molecule has 0 saturated heterocycles. The van der Waals surface area contributed by atoms with E-state index in [1.807, 2.05) is 0 Å². The molecule has 1 aliphatic heterocycles. The van der Waals surface area contributed by atoms with Crippen LogP contribution in [-0.2, 0) is 11.0 Å². The number of nitrogens with one attached hydrogen (secondary N) is 2. The number of alkyl halides is 3. The molecule has 1 amide bonds.